The van der Waals surface area contributed by atoms with Gasteiger partial charge in [0.2, 0.25) is 0 Å². The third-order valence-corrected chi connectivity index (χ3v) is 3.28. The van der Waals surface area contributed by atoms with Crippen molar-refractivity contribution in [1.82, 2.24) is 0 Å². The van der Waals surface area contributed by atoms with Crippen LogP contribution >= 0.6 is 0 Å². The van der Waals surface area contributed by atoms with Crippen molar-refractivity contribution in [3.8, 4) is 5.75 Å². The Morgan fingerprint density at radius 3 is 2.37 bits per heavy atom. The van der Waals surface area contributed by atoms with Crippen LogP contribution in [0.15, 0.2) is 18.2 Å². The van der Waals surface area contributed by atoms with Crippen LogP contribution in [0.5, 0.6) is 5.75 Å². The zero-order valence-electron chi connectivity index (χ0n) is 11.6. The van der Waals surface area contributed by atoms with E-state index >= 15 is 0 Å². The van der Waals surface area contributed by atoms with Gasteiger partial charge < -0.3 is 5.11 Å². The van der Waals surface area contributed by atoms with Gasteiger partial charge in [-0.05, 0) is 24.6 Å². The fourth-order valence-electron chi connectivity index (χ4n) is 2.07. The molecule has 0 radical (unpaired) electrons. The number of benzene rings is 1. The van der Waals surface area contributed by atoms with Gasteiger partial charge in [0.1, 0.15) is 0 Å². The van der Waals surface area contributed by atoms with Gasteiger partial charge in [0.25, 0.3) is 0 Å². The SMILES string of the molecule is CCCCCCCCCC(=O)c1ccc(O)c(F)c1. The lowest BCUT2D eigenvalue weighted by molar-refractivity contribution is 0.0978. The molecule has 1 rings (SSSR count). The molecule has 106 valence electrons. The Labute approximate surface area is 114 Å². The van der Waals surface area contributed by atoms with Crippen molar-refractivity contribution in [1.29, 1.82) is 0 Å². The van der Waals surface area contributed by atoms with Crippen LogP contribution in [0.1, 0.15) is 68.6 Å². The first-order valence-corrected chi connectivity index (χ1v) is 7.17. The van der Waals surface area contributed by atoms with E-state index in [9.17, 15) is 9.18 Å². The summed E-state index contributed by atoms with van der Waals surface area (Å²) in [6, 6.07) is 3.81. The van der Waals surface area contributed by atoms with Gasteiger partial charge in [-0.1, -0.05) is 45.4 Å². The predicted molar refractivity (Wildman–Crippen MR) is 75.0 cm³/mol. The summed E-state index contributed by atoms with van der Waals surface area (Å²) in [4.78, 5) is 11.8. The first-order valence-electron chi connectivity index (χ1n) is 7.17. The van der Waals surface area contributed by atoms with Crippen molar-refractivity contribution in [2.24, 2.45) is 0 Å². The van der Waals surface area contributed by atoms with E-state index < -0.39 is 11.6 Å². The van der Waals surface area contributed by atoms with Gasteiger partial charge in [0, 0.05) is 12.0 Å². The molecule has 1 aromatic rings. The highest BCUT2D eigenvalue weighted by molar-refractivity contribution is 5.96. The first-order chi connectivity index (χ1) is 9.15. The third-order valence-electron chi connectivity index (χ3n) is 3.28. The Balaban J connectivity index is 2.22. The number of aromatic hydroxyl groups is 1. The van der Waals surface area contributed by atoms with Crippen molar-refractivity contribution < 1.29 is 14.3 Å². The quantitative estimate of drug-likeness (QED) is 0.512. The maximum absolute atomic E-state index is 13.1. The molecular weight excluding hydrogens is 243 g/mol. The number of phenolic OH excluding ortho intramolecular Hbond substituents is 1. The molecule has 0 spiro atoms. The Morgan fingerprint density at radius 2 is 1.74 bits per heavy atom. The number of hydrogen-bond donors (Lipinski definition) is 1. The van der Waals surface area contributed by atoms with E-state index in [0.29, 0.717) is 12.0 Å². The summed E-state index contributed by atoms with van der Waals surface area (Å²) in [5.74, 6) is -1.19. The molecule has 0 heterocycles. The molecule has 0 aliphatic carbocycles. The highest BCUT2D eigenvalue weighted by atomic mass is 19.1. The third kappa shape index (κ3) is 5.86. The van der Waals surface area contributed by atoms with E-state index in [4.69, 9.17) is 5.11 Å². The van der Waals surface area contributed by atoms with Gasteiger partial charge in [0.05, 0.1) is 0 Å². The summed E-state index contributed by atoms with van der Waals surface area (Å²) in [6.45, 7) is 2.19. The molecule has 19 heavy (non-hydrogen) atoms. The van der Waals surface area contributed by atoms with Gasteiger partial charge in [-0.2, -0.15) is 0 Å². The molecule has 1 N–H and O–H groups in total. The normalized spacial score (nSPS) is 10.6. The fourth-order valence-corrected chi connectivity index (χ4v) is 2.07. The second kappa shape index (κ2) is 8.68. The Hall–Kier alpha value is -1.38. The number of halogens is 1. The molecule has 0 aliphatic heterocycles. The van der Waals surface area contributed by atoms with Gasteiger partial charge in [-0.3, -0.25) is 4.79 Å². The van der Waals surface area contributed by atoms with E-state index in [1.165, 1.54) is 37.8 Å². The van der Waals surface area contributed by atoms with Crippen molar-refractivity contribution in [2.45, 2.75) is 58.3 Å². The van der Waals surface area contributed by atoms with Gasteiger partial charge in [0.15, 0.2) is 17.3 Å². The number of carbonyl (C=O) groups excluding carboxylic acids is 1. The summed E-state index contributed by atoms with van der Waals surface area (Å²) < 4.78 is 13.1. The number of carbonyl (C=O) groups is 1. The topological polar surface area (TPSA) is 37.3 Å². The molecule has 0 unspecified atom stereocenters. The molecule has 0 aromatic heterocycles. The predicted octanol–water partition coefficient (Wildman–Crippen LogP) is 4.85. The molecule has 0 atom stereocenters. The summed E-state index contributed by atoms with van der Waals surface area (Å²) in [5, 5.41) is 9.06. The molecule has 3 heteroatoms. The minimum atomic E-state index is -0.731. The second-order valence-electron chi connectivity index (χ2n) is 4.96. The van der Waals surface area contributed by atoms with Crippen LogP contribution in [-0.4, -0.2) is 10.9 Å². The van der Waals surface area contributed by atoms with E-state index in [1.54, 1.807) is 0 Å². The van der Waals surface area contributed by atoms with Crippen LogP contribution in [0.3, 0.4) is 0 Å². The maximum Gasteiger partial charge on any atom is 0.165 e. The average Bonchev–Trinajstić information content (AvgIpc) is 2.40. The average molecular weight is 266 g/mol. The summed E-state index contributed by atoms with van der Waals surface area (Å²) >= 11 is 0. The highest BCUT2D eigenvalue weighted by Crippen LogP contribution is 2.18. The number of unbranched alkanes of at least 4 members (excludes halogenated alkanes) is 6. The largest absolute Gasteiger partial charge is 0.505 e. The van der Waals surface area contributed by atoms with Crippen LogP contribution in [-0.2, 0) is 0 Å². The standard InChI is InChI=1S/C16H23FO2/c1-2-3-4-5-6-7-8-9-15(18)13-10-11-16(19)14(17)12-13/h10-12,19H,2-9H2,1H3. The minimum Gasteiger partial charge on any atom is -0.505 e. The van der Waals surface area contributed by atoms with Crippen LogP contribution in [0.2, 0.25) is 0 Å². The highest BCUT2D eigenvalue weighted by Gasteiger charge is 2.08. The molecule has 0 saturated carbocycles. The van der Waals surface area contributed by atoms with Crippen molar-refractivity contribution in [3.05, 3.63) is 29.6 Å². The van der Waals surface area contributed by atoms with Gasteiger partial charge >= 0.3 is 0 Å². The monoisotopic (exact) mass is 266 g/mol. The van der Waals surface area contributed by atoms with Gasteiger partial charge in [-0.25, -0.2) is 4.39 Å². The number of Topliss-reactive ketones (excluding diaryl/α,β-unsaturated/α-hetero) is 1. The molecule has 2 nitrogen and oxygen atoms in total. The Kier molecular flexibility index (Phi) is 7.16. The van der Waals surface area contributed by atoms with E-state index in [2.05, 4.69) is 6.92 Å². The van der Waals surface area contributed by atoms with Gasteiger partial charge in [-0.15, -0.1) is 0 Å². The Morgan fingerprint density at radius 1 is 1.11 bits per heavy atom. The Bertz CT molecular complexity index is 402. The van der Waals surface area contributed by atoms with Crippen LogP contribution in [0, 0.1) is 5.82 Å². The summed E-state index contributed by atoms with van der Waals surface area (Å²) in [5.41, 5.74) is 0.348. The molecule has 1 aromatic carbocycles. The zero-order valence-corrected chi connectivity index (χ0v) is 11.6. The molecular formula is C16H23FO2. The zero-order chi connectivity index (χ0) is 14.1. The summed E-state index contributed by atoms with van der Waals surface area (Å²) in [7, 11) is 0. The maximum atomic E-state index is 13.1. The first kappa shape index (κ1) is 15.7. The smallest absolute Gasteiger partial charge is 0.165 e. The number of hydrogen-bond acceptors (Lipinski definition) is 2. The molecule has 0 bridgehead atoms. The van der Waals surface area contributed by atoms with Crippen LogP contribution < -0.4 is 0 Å². The lowest BCUT2D eigenvalue weighted by atomic mass is 10.0. The van der Waals surface area contributed by atoms with Crippen molar-refractivity contribution in [3.63, 3.8) is 0 Å². The second-order valence-corrected chi connectivity index (χ2v) is 4.96. The molecule has 0 amide bonds. The minimum absolute atomic E-state index is 0.0486. The molecule has 0 fully saturated rings. The molecule has 0 saturated heterocycles. The van der Waals surface area contributed by atoms with Crippen molar-refractivity contribution >= 4 is 5.78 Å². The number of phenols is 1. The van der Waals surface area contributed by atoms with E-state index in [-0.39, 0.29) is 5.78 Å². The van der Waals surface area contributed by atoms with E-state index in [0.717, 1.165) is 25.3 Å². The number of ketones is 1. The summed E-state index contributed by atoms with van der Waals surface area (Å²) in [6.07, 6.45) is 8.55. The fraction of sp³-hybridized carbons (Fsp3) is 0.562. The van der Waals surface area contributed by atoms with Crippen LogP contribution in [0.4, 0.5) is 4.39 Å². The number of rotatable bonds is 9. The van der Waals surface area contributed by atoms with E-state index in [1.807, 2.05) is 0 Å². The van der Waals surface area contributed by atoms with Crippen LogP contribution in [0.25, 0.3) is 0 Å². The molecule has 0 aliphatic rings. The lowest BCUT2D eigenvalue weighted by Crippen LogP contribution is -1.99. The van der Waals surface area contributed by atoms with Crippen molar-refractivity contribution in [2.75, 3.05) is 0 Å². The lowest BCUT2D eigenvalue weighted by Gasteiger charge is -2.03.